The van der Waals surface area contributed by atoms with Crippen molar-refractivity contribution >= 4 is 11.8 Å². The second kappa shape index (κ2) is 6.31. The Morgan fingerprint density at radius 3 is 3.00 bits per heavy atom. The molecule has 13 nitrogen and oxygen atoms in total. The van der Waals surface area contributed by atoms with Gasteiger partial charge in [-0.15, -0.1) is 0 Å². The number of carbonyl (C=O) groups is 1. The van der Waals surface area contributed by atoms with Gasteiger partial charge in [0, 0.05) is 18.2 Å². The lowest BCUT2D eigenvalue weighted by Crippen LogP contribution is -2.42. The van der Waals surface area contributed by atoms with E-state index in [4.69, 9.17) is 35.3 Å². The lowest BCUT2D eigenvalue weighted by atomic mass is 10.0. The molecule has 0 aliphatic carbocycles. The van der Waals surface area contributed by atoms with E-state index in [9.17, 15) is 9.59 Å². The third-order valence-electron chi connectivity index (χ3n) is 3.81. The van der Waals surface area contributed by atoms with Crippen molar-refractivity contribution in [1.82, 2.24) is 9.55 Å². The van der Waals surface area contributed by atoms with E-state index in [2.05, 4.69) is 15.0 Å². The topological polar surface area (TPSA) is 184 Å². The highest BCUT2D eigenvalue weighted by atomic mass is 16.9. The molecule has 0 spiro atoms. The molecule has 3 rings (SSSR count). The van der Waals surface area contributed by atoms with Crippen molar-refractivity contribution in [2.75, 3.05) is 12.8 Å². The van der Waals surface area contributed by atoms with E-state index >= 15 is 0 Å². The number of nitrogens with zero attached hydrogens (tertiary/aromatic N) is 5. The molecular formula is C12H14N6O7. The summed E-state index contributed by atoms with van der Waals surface area (Å²) in [7, 11) is 1.31. The second-order valence-corrected chi connectivity index (χ2v) is 5.34. The van der Waals surface area contributed by atoms with Crippen LogP contribution in [0.5, 0.6) is 0 Å². The zero-order valence-corrected chi connectivity index (χ0v) is 12.9. The number of aliphatic carboxylic acids is 1. The highest BCUT2D eigenvalue weighted by molar-refractivity contribution is 5.68. The van der Waals surface area contributed by atoms with Crippen molar-refractivity contribution in [2.24, 2.45) is 5.11 Å². The summed E-state index contributed by atoms with van der Waals surface area (Å²) in [6.07, 6.45) is -2.64. The van der Waals surface area contributed by atoms with Gasteiger partial charge in [-0.3, -0.25) is 9.36 Å². The van der Waals surface area contributed by atoms with Crippen LogP contribution in [0.2, 0.25) is 0 Å². The molecule has 13 heteroatoms. The van der Waals surface area contributed by atoms with Crippen LogP contribution in [0.25, 0.3) is 10.4 Å². The van der Waals surface area contributed by atoms with E-state index in [1.807, 2.05) is 0 Å². The SMILES string of the molecule is CO[C@@H]1OC2[C@H](n3ccc(N)nc3=O)O[C@@](CC(=O)O)(N=[N+]=[N-])[C@H]2O1. The van der Waals surface area contributed by atoms with Gasteiger partial charge in [0.15, 0.2) is 12.0 Å². The Bertz CT molecular complexity index is 792. The van der Waals surface area contributed by atoms with E-state index in [1.165, 1.54) is 19.4 Å². The van der Waals surface area contributed by atoms with Crippen LogP contribution in [0.3, 0.4) is 0 Å². The van der Waals surface area contributed by atoms with Gasteiger partial charge in [0.25, 0.3) is 6.48 Å². The minimum absolute atomic E-state index is 0.000926. The highest BCUT2D eigenvalue weighted by Crippen LogP contribution is 2.47. The van der Waals surface area contributed by atoms with Crippen LogP contribution < -0.4 is 11.4 Å². The summed E-state index contributed by atoms with van der Waals surface area (Å²) in [6.45, 7) is -1.14. The van der Waals surface area contributed by atoms with Crippen molar-refractivity contribution in [2.45, 2.75) is 37.1 Å². The molecule has 2 fully saturated rings. The molecule has 2 saturated heterocycles. The summed E-state index contributed by atoms with van der Waals surface area (Å²) >= 11 is 0. The number of hydrogen-bond donors (Lipinski definition) is 2. The molecule has 1 aromatic heterocycles. The van der Waals surface area contributed by atoms with E-state index < -0.39 is 48.7 Å². The van der Waals surface area contributed by atoms with Crippen LogP contribution in [0.15, 0.2) is 22.2 Å². The Hall–Kier alpha value is -2.70. The first-order chi connectivity index (χ1) is 11.9. The fourth-order valence-corrected chi connectivity index (χ4v) is 2.85. The van der Waals surface area contributed by atoms with E-state index in [0.717, 1.165) is 4.57 Å². The number of ether oxygens (including phenoxy) is 4. The summed E-state index contributed by atoms with van der Waals surface area (Å²) in [5, 5.41) is 12.7. The van der Waals surface area contributed by atoms with Crippen molar-refractivity contribution in [3.8, 4) is 0 Å². The standard InChI is InChI=1S/C12H14N6O7/c1-22-11-23-7-8(24-11)12(16-17-14,4-6(19)20)25-9(7)18-3-2-5(13)15-10(18)21/h2-3,7-9,11H,4H2,1H3,(H,19,20)(H2,13,15,21)/t7?,8-,9+,11+,12+/m0/s1. The maximum Gasteiger partial charge on any atom is 0.351 e. The molecule has 3 N–H and O–H groups in total. The highest BCUT2D eigenvalue weighted by Gasteiger charge is 2.63. The number of methoxy groups -OCH3 is 1. The fourth-order valence-electron chi connectivity index (χ4n) is 2.85. The first kappa shape index (κ1) is 17.1. The molecule has 1 unspecified atom stereocenters. The number of nitrogens with two attached hydrogens (primary N) is 1. The molecular weight excluding hydrogens is 340 g/mol. The van der Waals surface area contributed by atoms with Crippen molar-refractivity contribution in [3.63, 3.8) is 0 Å². The quantitative estimate of drug-likeness (QED) is 0.401. The minimum atomic E-state index is -1.93. The van der Waals surface area contributed by atoms with Crippen LogP contribution >= 0.6 is 0 Å². The first-order valence-electron chi connectivity index (χ1n) is 7.04. The van der Waals surface area contributed by atoms with Gasteiger partial charge in [-0.05, 0) is 11.6 Å². The van der Waals surface area contributed by atoms with Crippen LogP contribution in [0, 0.1) is 0 Å². The number of carboxylic acids is 1. The third kappa shape index (κ3) is 2.90. The largest absolute Gasteiger partial charge is 0.481 e. The number of nitrogen functional groups attached to an aromatic ring is 1. The van der Waals surface area contributed by atoms with Gasteiger partial charge < -0.3 is 29.8 Å². The molecule has 0 saturated carbocycles. The monoisotopic (exact) mass is 354 g/mol. The Morgan fingerprint density at radius 1 is 1.64 bits per heavy atom. The summed E-state index contributed by atoms with van der Waals surface area (Å²) in [5.74, 6) is -1.29. The summed E-state index contributed by atoms with van der Waals surface area (Å²) in [6, 6.07) is 1.36. The normalized spacial score (nSPS) is 33.6. The average molecular weight is 354 g/mol. The van der Waals surface area contributed by atoms with E-state index in [0.29, 0.717) is 0 Å². The van der Waals surface area contributed by atoms with Gasteiger partial charge in [0.05, 0.1) is 6.42 Å². The zero-order valence-electron chi connectivity index (χ0n) is 12.9. The molecule has 0 bridgehead atoms. The van der Waals surface area contributed by atoms with Crippen LogP contribution in [-0.4, -0.2) is 52.1 Å². The molecule has 0 radical (unpaired) electrons. The van der Waals surface area contributed by atoms with Gasteiger partial charge in [0.2, 0.25) is 0 Å². The molecule has 0 aromatic carbocycles. The summed E-state index contributed by atoms with van der Waals surface area (Å²) in [4.78, 5) is 29.6. The second-order valence-electron chi connectivity index (χ2n) is 5.34. The molecule has 3 heterocycles. The van der Waals surface area contributed by atoms with Gasteiger partial charge in [-0.2, -0.15) is 4.98 Å². The number of rotatable bonds is 5. The van der Waals surface area contributed by atoms with Gasteiger partial charge in [-0.25, -0.2) is 4.79 Å². The van der Waals surface area contributed by atoms with Crippen molar-refractivity contribution < 1.29 is 28.8 Å². The van der Waals surface area contributed by atoms with Gasteiger partial charge in [-0.1, -0.05) is 5.11 Å². The number of azide groups is 1. The van der Waals surface area contributed by atoms with Crippen LogP contribution in [-0.2, 0) is 23.7 Å². The fraction of sp³-hybridized carbons (Fsp3) is 0.583. The Labute approximate surface area is 139 Å². The average Bonchev–Trinajstić information content (AvgIpc) is 3.07. The first-order valence-corrected chi connectivity index (χ1v) is 7.04. The Kier molecular flexibility index (Phi) is 4.32. The Balaban J connectivity index is 2.07. The molecule has 0 amide bonds. The molecule has 25 heavy (non-hydrogen) atoms. The molecule has 2 aliphatic rings. The third-order valence-corrected chi connectivity index (χ3v) is 3.81. The molecule has 134 valence electrons. The number of aromatic nitrogens is 2. The van der Waals surface area contributed by atoms with E-state index in [-0.39, 0.29) is 5.82 Å². The van der Waals surface area contributed by atoms with E-state index in [1.54, 1.807) is 0 Å². The number of anilines is 1. The van der Waals surface area contributed by atoms with Crippen molar-refractivity contribution in [3.05, 3.63) is 33.2 Å². The smallest absolute Gasteiger partial charge is 0.351 e. The predicted octanol–water partition coefficient (Wildman–Crippen LogP) is -0.450. The summed E-state index contributed by atoms with van der Waals surface area (Å²) in [5.41, 5.74) is 11.6. The molecule has 5 atom stereocenters. The summed E-state index contributed by atoms with van der Waals surface area (Å²) < 4.78 is 22.6. The lowest BCUT2D eigenvalue weighted by Gasteiger charge is -2.27. The van der Waals surface area contributed by atoms with Crippen LogP contribution in [0.4, 0.5) is 5.82 Å². The number of fused-ring (bicyclic) bond motifs is 1. The van der Waals surface area contributed by atoms with Crippen LogP contribution in [0.1, 0.15) is 12.6 Å². The molecule has 2 aliphatic heterocycles. The molecule has 1 aromatic rings. The minimum Gasteiger partial charge on any atom is -0.481 e. The maximum absolute atomic E-state index is 12.1. The maximum atomic E-state index is 12.1. The Morgan fingerprint density at radius 2 is 2.40 bits per heavy atom. The predicted molar refractivity (Wildman–Crippen MR) is 77.7 cm³/mol. The zero-order chi connectivity index (χ0) is 18.2. The van der Waals surface area contributed by atoms with Gasteiger partial charge in [0.1, 0.15) is 18.0 Å². The van der Waals surface area contributed by atoms with Gasteiger partial charge >= 0.3 is 11.7 Å². The number of hydrogen-bond acceptors (Lipinski definition) is 9. The lowest BCUT2D eigenvalue weighted by molar-refractivity contribution is -0.268. The number of carboxylic acid groups (broad SMARTS) is 1. The van der Waals surface area contributed by atoms with Crippen molar-refractivity contribution in [1.29, 1.82) is 0 Å².